The van der Waals surface area contributed by atoms with Crippen LogP contribution in [0.5, 0.6) is 11.5 Å². The molecule has 0 spiro atoms. The zero-order valence-electron chi connectivity index (χ0n) is 21.1. The van der Waals surface area contributed by atoms with Crippen molar-refractivity contribution < 1.29 is 23.5 Å². The zero-order valence-corrected chi connectivity index (χ0v) is 23.6. The van der Waals surface area contributed by atoms with Crippen molar-refractivity contribution in [2.75, 3.05) is 31.0 Å². The number of nitrogens with one attached hydrogen (secondary N) is 2. The van der Waals surface area contributed by atoms with Gasteiger partial charge >= 0.3 is 0 Å². The molecule has 0 saturated heterocycles. The van der Waals surface area contributed by atoms with Crippen LogP contribution in [0.25, 0.3) is 5.69 Å². The number of hydrogen-bond acceptors (Lipinski definition) is 11. The van der Waals surface area contributed by atoms with Crippen molar-refractivity contribution in [2.24, 2.45) is 0 Å². The van der Waals surface area contributed by atoms with Gasteiger partial charge in [0, 0.05) is 11.3 Å². The molecule has 2 N–H and O–H groups in total. The summed E-state index contributed by atoms with van der Waals surface area (Å²) in [7, 11) is 3.00. The number of carbonyl (C=O) groups is 2. The third kappa shape index (κ3) is 7.25. The number of carbonyl (C=O) groups excluding carboxylic acids is 2. The first-order valence-electron chi connectivity index (χ1n) is 11.5. The summed E-state index contributed by atoms with van der Waals surface area (Å²) in [6, 6.07) is 10.6. The van der Waals surface area contributed by atoms with E-state index in [1.807, 2.05) is 6.92 Å². The van der Waals surface area contributed by atoms with Gasteiger partial charge in [0.25, 0.3) is 5.91 Å². The number of rotatable bonds is 12. The van der Waals surface area contributed by atoms with Crippen LogP contribution in [0.4, 0.5) is 9.52 Å². The Balaban J connectivity index is 1.48. The molecule has 0 aliphatic carbocycles. The molecule has 0 radical (unpaired) electrons. The van der Waals surface area contributed by atoms with Crippen LogP contribution in [-0.2, 0) is 11.3 Å². The Morgan fingerprint density at radius 2 is 1.77 bits per heavy atom. The van der Waals surface area contributed by atoms with Crippen molar-refractivity contribution in [3.63, 3.8) is 0 Å². The van der Waals surface area contributed by atoms with Gasteiger partial charge in [-0.25, -0.2) is 4.39 Å². The molecule has 2 aromatic carbocycles. The van der Waals surface area contributed by atoms with Crippen molar-refractivity contribution in [1.29, 1.82) is 0 Å². The molecule has 0 unspecified atom stereocenters. The van der Waals surface area contributed by atoms with Gasteiger partial charge in [0.15, 0.2) is 26.8 Å². The molecular weight excluding hydrogens is 566 g/mol. The standard InChI is InChI=1S/C24H24FN7O4S3/c1-4-37-24-31-29-22(39-24)27-20(33)13-38-23-30-28-19(32(23)16-8-6-15(25)7-9-16)12-26-21(34)14-5-10-17(35-2)18(11-14)36-3/h5-11H,4,12-13H2,1-3H3,(H,26,34)(H,27,29,33). The van der Waals surface area contributed by atoms with E-state index in [2.05, 4.69) is 31.0 Å². The molecule has 0 aliphatic rings. The highest BCUT2D eigenvalue weighted by Crippen LogP contribution is 2.28. The van der Waals surface area contributed by atoms with E-state index in [-0.39, 0.29) is 24.1 Å². The van der Waals surface area contributed by atoms with Crippen LogP contribution >= 0.6 is 34.9 Å². The van der Waals surface area contributed by atoms with Gasteiger partial charge in [-0.15, -0.1) is 20.4 Å². The lowest BCUT2D eigenvalue weighted by Crippen LogP contribution is -2.24. The van der Waals surface area contributed by atoms with Crippen molar-refractivity contribution in [1.82, 2.24) is 30.3 Å². The van der Waals surface area contributed by atoms with Crippen molar-refractivity contribution in [2.45, 2.75) is 23.0 Å². The first-order chi connectivity index (χ1) is 18.9. The second-order valence-electron chi connectivity index (χ2n) is 7.61. The maximum absolute atomic E-state index is 13.6. The molecule has 0 atom stereocenters. The molecule has 4 aromatic rings. The Hall–Kier alpha value is -3.69. The van der Waals surface area contributed by atoms with Gasteiger partial charge in [0.05, 0.1) is 26.5 Å². The predicted octanol–water partition coefficient (Wildman–Crippen LogP) is 4.05. The Kier molecular flexibility index (Phi) is 9.73. The molecule has 2 amide bonds. The number of hydrogen-bond donors (Lipinski definition) is 2. The Bertz CT molecular complexity index is 1450. The van der Waals surface area contributed by atoms with Crippen LogP contribution in [-0.4, -0.2) is 62.5 Å². The number of aromatic nitrogens is 5. The van der Waals surface area contributed by atoms with Crippen LogP contribution < -0.4 is 20.1 Å². The van der Waals surface area contributed by atoms with E-state index >= 15 is 0 Å². The summed E-state index contributed by atoms with van der Waals surface area (Å²) >= 11 is 3.99. The summed E-state index contributed by atoms with van der Waals surface area (Å²) in [5, 5.41) is 22.8. The van der Waals surface area contributed by atoms with E-state index in [0.717, 1.165) is 21.9 Å². The van der Waals surface area contributed by atoms with Crippen LogP contribution in [0.2, 0.25) is 0 Å². The predicted molar refractivity (Wildman–Crippen MR) is 148 cm³/mol. The molecule has 39 heavy (non-hydrogen) atoms. The number of ether oxygens (including phenoxy) is 2. The average Bonchev–Trinajstić information content (AvgIpc) is 3.57. The van der Waals surface area contributed by atoms with Crippen molar-refractivity contribution in [3.05, 3.63) is 59.7 Å². The second-order valence-corrected chi connectivity index (χ2v) is 11.0. The zero-order chi connectivity index (χ0) is 27.8. The summed E-state index contributed by atoms with van der Waals surface area (Å²) in [6.45, 7) is 2.03. The van der Waals surface area contributed by atoms with E-state index < -0.39 is 5.82 Å². The molecule has 15 heteroatoms. The quantitative estimate of drug-likeness (QED) is 0.184. The lowest BCUT2D eigenvalue weighted by atomic mass is 10.2. The lowest BCUT2D eigenvalue weighted by Gasteiger charge is -2.12. The van der Waals surface area contributed by atoms with Gasteiger partial charge in [-0.2, -0.15) is 0 Å². The third-order valence-corrected chi connectivity index (χ3v) is 7.87. The summed E-state index contributed by atoms with van der Waals surface area (Å²) in [6.07, 6.45) is 0. The Morgan fingerprint density at radius 3 is 2.49 bits per heavy atom. The first-order valence-corrected chi connectivity index (χ1v) is 14.3. The first kappa shape index (κ1) is 28.3. The SMILES string of the molecule is CCSc1nnc(NC(=O)CSc2nnc(CNC(=O)c3ccc(OC)c(OC)c3)n2-c2ccc(F)cc2)s1. The number of methoxy groups -OCH3 is 2. The van der Waals surface area contributed by atoms with E-state index in [1.54, 1.807) is 46.7 Å². The van der Waals surface area contributed by atoms with Crippen LogP contribution in [0.1, 0.15) is 23.1 Å². The highest BCUT2D eigenvalue weighted by Gasteiger charge is 2.18. The summed E-state index contributed by atoms with van der Waals surface area (Å²) < 4.78 is 26.5. The molecule has 2 heterocycles. The lowest BCUT2D eigenvalue weighted by molar-refractivity contribution is -0.113. The number of benzene rings is 2. The average molecular weight is 590 g/mol. The van der Waals surface area contributed by atoms with Gasteiger partial charge in [-0.05, 0) is 48.2 Å². The number of anilines is 1. The Labute approximate surface area is 235 Å². The fraction of sp³-hybridized carbons (Fsp3) is 0.250. The minimum atomic E-state index is -0.402. The smallest absolute Gasteiger partial charge is 0.251 e. The van der Waals surface area contributed by atoms with Crippen molar-refractivity contribution in [3.8, 4) is 17.2 Å². The minimum Gasteiger partial charge on any atom is -0.493 e. The van der Waals surface area contributed by atoms with Gasteiger partial charge in [0.2, 0.25) is 11.0 Å². The highest BCUT2D eigenvalue weighted by molar-refractivity contribution is 8.01. The molecule has 11 nitrogen and oxygen atoms in total. The third-order valence-electron chi connectivity index (χ3n) is 5.09. The van der Waals surface area contributed by atoms with Crippen LogP contribution in [0, 0.1) is 5.82 Å². The maximum atomic E-state index is 13.6. The van der Waals surface area contributed by atoms with E-state index in [0.29, 0.717) is 38.9 Å². The fourth-order valence-corrected chi connectivity index (χ4v) is 5.76. The van der Waals surface area contributed by atoms with Crippen LogP contribution in [0.3, 0.4) is 0 Å². The molecule has 4 rings (SSSR count). The van der Waals surface area contributed by atoms with E-state index in [9.17, 15) is 14.0 Å². The largest absolute Gasteiger partial charge is 0.493 e. The highest BCUT2D eigenvalue weighted by atomic mass is 32.2. The van der Waals surface area contributed by atoms with E-state index in [1.165, 1.54) is 37.7 Å². The molecule has 0 bridgehead atoms. The van der Waals surface area contributed by atoms with Gasteiger partial charge in [-0.3, -0.25) is 19.5 Å². The topological polar surface area (TPSA) is 133 Å². The Morgan fingerprint density at radius 1 is 1.00 bits per heavy atom. The number of thioether (sulfide) groups is 2. The monoisotopic (exact) mass is 589 g/mol. The molecule has 204 valence electrons. The van der Waals surface area contributed by atoms with Gasteiger partial charge in [0.1, 0.15) is 5.82 Å². The van der Waals surface area contributed by atoms with Crippen molar-refractivity contribution >= 4 is 51.8 Å². The van der Waals surface area contributed by atoms with Gasteiger partial charge in [-0.1, -0.05) is 41.8 Å². The molecular formula is C24H24FN7O4S3. The summed E-state index contributed by atoms with van der Waals surface area (Å²) in [4.78, 5) is 25.4. The van der Waals surface area contributed by atoms with Crippen LogP contribution in [0.15, 0.2) is 52.0 Å². The molecule has 2 aromatic heterocycles. The van der Waals surface area contributed by atoms with E-state index in [4.69, 9.17) is 9.47 Å². The number of amides is 2. The normalized spacial score (nSPS) is 10.8. The molecule has 0 saturated carbocycles. The number of halogens is 1. The summed E-state index contributed by atoms with van der Waals surface area (Å²) in [5.41, 5.74) is 0.939. The van der Waals surface area contributed by atoms with Gasteiger partial charge < -0.3 is 14.8 Å². The minimum absolute atomic E-state index is 0.0208. The maximum Gasteiger partial charge on any atom is 0.251 e. The number of nitrogens with zero attached hydrogens (tertiary/aromatic N) is 5. The molecule has 0 aliphatic heterocycles. The fourth-order valence-electron chi connectivity index (χ4n) is 3.32. The summed E-state index contributed by atoms with van der Waals surface area (Å²) in [5.74, 6) is 1.14. The molecule has 0 fully saturated rings. The second kappa shape index (κ2) is 13.4.